The summed E-state index contributed by atoms with van der Waals surface area (Å²) in [7, 11) is 2.12. The van der Waals surface area contributed by atoms with E-state index < -0.39 is 0 Å². The first kappa shape index (κ1) is 8.48. The maximum absolute atomic E-state index is 9.11. The van der Waals surface area contributed by atoms with Gasteiger partial charge < -0.3 is 5.11 Å². The van der Waals surface area contributed by atoms with E-state index >= 15 is 0 Å². The molecule has 3 heteroatoms. The topological polar surface area (TPSA) is 26.7 Å². The second kappa shape index (κ2) is 3.32. The SMILES string of the molecule is CN1CC2CCCN2CC1CO. The molecule has 0 bridgehead atoms. The van der Waals surface area contributed by atoms with Gasteiger partial charge in [0.05, 0.1) is 6.61 Å². The highest BCUT2D eigenvalue weighted by Gasteiger charge is 2.33. The van der Waals surface area contributed by atoms with E-state index in [1.807, 2.05) is 0 Å². The summed E-state index contributed by atoms with van der Waals surface area (Å²) in [5, 5.41) is 9.11. The van der Waals surface area contributed by atoms with Crippen LogP contribution in [0.25, 0.3) is 0 Å². The molecule has 0 aromatic heterocycles. The lowest BCUT2D eigenvalue weighted by Crippen LogP contribution is -2.55. The lowest BCUT2D eigenvalue weighted by molar-refractivity contribution is 0.0390. The zero-order chi connectivity index (χ0) is 8.55. The predicted octanol–water partition coefficient (Wildman–Crippen LogP) is -0.243. The second-order valence-electron chi connectivity index (χ2n) is 4.07. The van der Waals surface area contributed by atoms with Gasteiger partial charge in [-0.2, -0.15) is 0 Å². The van der Waals surface area contributed by atoms with Crippen LogP contribution in [-0.2, 0) is 0 Å². The molecular formula is C9H18N2O. The molecule has 0 radical (unpaired) electrons. The van der Waals surface area contributed by atoms with Crippen molar-refractivity contribution in [3.05, 3.63) is 0 Å². The van der Waals surface area contributed by atoms with E-state index in [2.05, 4.69) is 16.8 Å². The van der Waals surface area contributed by atoms with Crippen molar-refractivity contribution in [3.8, 4) is 0 Å². The van der Waals surface area contributed by atoms with Crippen LogP contribution < -0.4 is 0 Å². The van der Waals surface area contributed by atoms with Crippen LogP contribution in [0.5, 0.6) is 0 Å². The smallest absolute Gasteiger partial charge is 0.0599 e. The fourth-order valence-electron chi connectivity index (χ4n) is 2.43. The normalized spacial score (nSPS) is 38.5. The Hall–Kier alpha value is -0.120. The molecule has 2 fully saturated rings. The molecule has 3 nitrogen and oxygen atoms in total. The first-order chi connectivity index (χ1) is 5.81. The zero-order valence-corrected chi connectivity index (χ0v) is 7.74. The number of piperazine rings is 1. The number of hydrogen-bond acceptors (Lipinski definition) is 3. The zero-order valence-electron chi connectivity index (χ0n) is 7.74. The maximum atomic E-state index is 9.11. The highest BCUT2D eigenvalue weighted by atomic mass is 16.3. The third kappa shape index (κ3) is 1.37. The van der Waals surface area contributed by atoms with Gasteiger partial charge in [0.15, 0.2) is 0 Å². The van der Waals surface area contributed by atoms with Gasteiger partial charge in [0.1, 0.15) is 0 Å². The number of aliphatic hydroxyl groups is 1. The molecule has 2 rings (SSSR count). The Kier molecular flexibility index (Phi) is 2.35. The molecule has 2 saturated heterocycles. The number of hydrogen-bond donors (Lipinski definition) is 1. The Balaban J connectivity index is 1.98. The molecule has 0 amide bonds. The van der Waals surface area contributed by atoms with Crippen LogP contribution in [0.2, 0.25) is 0 Å². The van der Waals surface area contributed by atoms with E-state index in [0.717, 1.165) is 19.1 Å². The van der Waals surface area contributed by atoms with Gasteiger partial charge in [-0.25, -0.2) is 0 Å². The molecular weight excluding hydrogens is 152 g/mol. The van der Waals surface area contributed by atoms with Crippen molar-refractivity contribution in [1.82, 2.24) is 9.80 Å². The minimum Gasteiger partial charge on any atom is -0.395 e. The summed E-state index contributed by atoms with van der Waals surface area (Å²) in [5.41, 5.74) is 0. The van der Waals surface area contributed by atoms with Gasteiger partial charge in [-0.15, -0.1) is 0 Å². The molecule has 2 heterocycles. The first-order valence-electron chi connectivity index (χ1n) is 4.86. The minimum absolute atomic E-state index is 0.305. The quantitative estimate of drug-likeness (QED) is 0.588. The van der Waals surface area contributed by atoms with Crippen LogP contribution in [0.4, 0.5) is 0 Å². The molecule has 2 unspecified atom stereocenters. The predicted molar refractivity (Wildman–Crippen MR) is 48.1 cm³/mol. The Morgan fingerprint density at radius 1 is 1.42 bits per heavy atom. The van der Waals surface area contributed by atoms with Crippen molar-refractivity contribution in [2.24, 2.45) is 0 Å². The number of aliphatic hydroxyl groups excluding tert-OH is 1. The van der Waals surface area contributed by atoms with E-state index in [0.29, 0.717) is 12.6 Å². The summed E-state index contributed by atoms with van der Waals surface area (Å²) in [6.07, 6.45) is 2.69. The van der Waals surface area contributed by atoms with Crippen molar-refractivity contribution in [3.63, 3.8) is 0 Å². The number of rotatable bonds is 1. The van der Waals surface area contributed by atoms with Gasteiger partial charge in [-0.05, 0) is 26.4 Å². The summed E-state index contributed by atoms with van der Waals surface area (Å²) in [4.78, 5) is 4.83. The van der Waals surface area contributed by atoms with E-state index in [1.54, 1.807) is 0 Å². The van der Waals surface area contributed by atoms with Crippen molar-refractivity contribution in [2.45, 2.75) is 24.9 Å². The lowest BCUT2D eigenvalue weighted by atomic mass is 10.1. The van der Waals surface area contributed by atoms with Crippen molar-refractivity contribution >= 4 is 0 Å². The Morgan fingerprint density at radius 2 is 2.25 bits per heavy atom. The number of likely N-dealkylation sites (N-methyl/N-ethyl adjacent to an activating group) is 1. The third-order valence-electron chi connectivity index (χ3n) is 3.28. The van der Waals surface area contributed by atoms with Crippen LogP contribution in [0.3, 0.4) is 0 Å². The van der Waals surface area contributed by atoms with Crippen LogP contribution in [0.15, 0.2) is 0 Å². The minimum atomic E-state index is 0.305. The number of fused-ring (bicyclic) bond motifs is 1. The lowest BCUT2D eigenvalue weighted by Gasteiger charge is -2.41. The molecule has 0 saturated carbocycles. The van der Waals surface area contributed by atoms with Gasteiger partial charge in [0.2, 0.25) is 0 Å². The Bertz CT molecular complexity index is 163. The molecule has 70 valence electrons. The van der Waals surface area contributed by atoms with Crippen LogP contribution in [-0.4, -0.2) is 60.3 Å². The fraction of sp³-hybridized carbons (Fsp3) is 1.00. The van der Waals surface area contributed by atoms with Gasteiger partial charge in [0, 0.05) is 25.2 Å². The average molecular weight is 170 g/mol. The standard InChI is InChI=1S/C9H18N2O/c1-10-5-8-3-2-4-11(8)6-9(10)7-12/h8-9,12H,2-7H2,1H3. The van der Waals surface area contributed by atoms with Crippen LogP contribution >= 0.6 is 0 Å². The monoisotopic (exact) mass is 170 g/mol. The van der Waals surface area contributed by atoms with Gasteiger partial charge >= 0.3 is 0 Å². The Morgan fingerprint density at radius 3 is 3.00 bits per heavy atom. The average Bonchev–Trinajstić information content (AvgIpc) is 2.49. The van der Waals surface area contributed by atoms with E-state index in [-0.39, 0.29) is 0 Å². The van der Waals surface area contributed by atoms with Crippen LogP contribution in [0, 0.1) is 0 Å². The van der Waals surface area contributed by atoms with Crippen molar-refractivity contribution in [2.75, 3.05) is 33.3 Å². The van der Waals surface area contributed by atoms with E-state index in [1.165, 1.54) is 19.4 Å². The van der Waals surface area contributed by atoms with E-state index in [9.17, 15) is 0 Å². The van der Waals surface area contributed by atoms with Gasteiger partial charge in [-0.1, -0.05) is 0 Å². The summed E-state index contributed by atoms with van der Waals surface area (Å²) >= 11 is 0. The molecule has 2 aliphatic heterocycles. The fourth-order valence-corrected chi connectivity index (χ4v) is 2.43. The van der Waals surface area contributed by atoms with Crippen molar-refractivity contribution in [1.29, 1.82) is 0 Å². The molecule has 1 N–H and O–H groups in total. The molecule has 2 atom stereocenters. The van der Waals surface area contributed by atoms with Crippen LogP contribution in [0.1, 0.15) is 12.8 Å². The summed E-state index contributed by atoms with van der Waals surface area (Å²) in [6, 6.07) is 1.15. The van der Waals surface area contributed by atoms with Crippen molar-refractivity contribution < 1.29 is 5.11 Å². The maximum Gasteiger partial charge on any atom is 0.0599 e. The Labute approximate surface area is 74.0 Å². The van der Waals surface area contributed by atoms with E-state index in [4.69, 9.17) is 5.11 Å². The first-order valence-corrected chi connectivity index (χ1v) is 4.86. The number of nitrogens with zero attached hydrogens (tertiary/aromatic N) is 2. The summed E-state index contributed by atoms with van der Waals surface area (Å²) < 4.78 is 0. The molecule has 0 spiro atoms. The molecule has 0 aromatic carbocycles. The molecule has 0 aromatic rings. The van der Waals surface area contributed by atoms with Gasteiger partial charge in [0.25, 0.3) is 0 Å². The highest BCUT2D eigenvalue weighted by Crippen LogP contribution is 2.23. The second-order valence-corrected chi connectivity index (χ2v) is 4.07. The largest absolute Gasteiger partial charge is 0.395 e. The molecule has 12 heavy (non-hydrogen) atoms. The molecule has 0 aliphatic carbocycles. The van der Waals surface area contributed by atoms with Gasteiger partial charge in [-0.3, -0.25) is 9.80 Å². The molecule has 2 aliphatic rings. The third-order valence-corrected chi connectivity index (χ3v) is 3.28. The summed E-state index contributed by atoms with van der Waals surface area (Å²) in [6.45, 7) is 3.76. The summed E-state index contributed by atoms with van der Waals surface area (Å²) in [5.74, 6) is 0. The highest BCUT2D eigenvalue weighted by molar-refractivity contribution is 4.90.